The Hall–Kier alpha value is -1.88. The van der Waals surface area contributed by atoms with Gasteiger partial charge in [0.1, 0.15) is 0 Å². The predicted octanol–water partition coefficient (Wildman–Crippen LogP) is 1.77. The van der Waals surface area contributed by atoms with Crippen molar-refractivity contribution in [3.63, 3.8) is 0 Å². The van der Waals surface area contributed by atoms with Crippen LogP contribution in [0.1, 0.15) is 41.6 Å². The van der Waals surface area contributed by atoms with Crippen molar-refractivity contribution in [3.05, 3.63) is 35.4 Å². The van der Waals surface area contributed by atoms with Gasteiger partial charge in [-0.25, -0.2) is 0 Å². The van der Waals surface area contributed by atoms with E-state index in [2.05, 4.69) is 5.32 Å². The van der Waals surface area contributed by atoms with E-state index < -0.39 is 5.97 Å². The Morgan fingerprint density at radius 2 is 1.86 bits per heavy atom. The Morgan fingerprint density at radius 1 is 1.19 bits per heavy atom. The zero-order valence-electron chi connectivity index (χ0n) is 12.0. The molecule has 1 fully saturated rings. The van der Waals surface area contributed by atoms with Crippen LogP contribution in [0.15, 0.2) is 24.3 Å². The number of amides is 1. The number of carbonyl (C=O) groups is 2. The summed E-state index contributed by atoms with van der Waals surface area (Å²) in [6.45, 7) is 0.874. The number of nitrogens with one attached hydrogen (secondary N) is 1. The van der Waals surface area contributed by atoms with Gasteiger partial charge in [-0.05, 0) is 36.5 Å². The minimum absolute atomic E-state index is 0.0310. The lowest BCUT2D eigenvalue weighted by molar-refractivity contribution is -0.144. The van der Waals surface area contributed by atoms with Crippen molar-refractivity contribution < 1.29 is 14.7 Å². The van der Waals surface area contributed by atoms with E-state index in [-0.39, 0.29) is 17.7 Å². The number of hydrogen-bond acceptors (Lipinski definition) is 3. The van der Waals surface area contributed by atoms with Crippen LogP contribution in [0.4, 0.5) is 0 Å². The first-order valence-electron chi connectivity index (χ1n) is 7.42. The molecule has 0 aliphatic heterocycles. The van der Waals surface area contributed by atoms with Gasteiger partial charge in [-0.2, -0.15) is 0 Å². The van der Waals surface area contributed by atoms with E-state index in [0.29, 0.717) is 25.1 Å². The normalized spacial score (nSPS) is 21.8. The number of nitrogens with two attached hydrogens (primary N) is 1. The van der Waals surface area contributed by atoms with Crippen LogP contribution < -0.4 is 11.1 Å². The Kier molecular flexibility index (Phi) is 5.33. The number of carboxylic acid groups (broad SMARTS) is 1. The number of rotatable bonds is 5. The van der Waals surface area contributed by atoms with Crippen molar-refractivity contribution in [2.45, 2.75) is 32.2 Å². The molecule has 0 aromatic heterocycles. The predicted molar refractivity (Wildman–Crippen MR) is 79.8 cm³/mol. The fourth-order valence-electron chi connectivity index (χ4n) is 2.90. The maximum absolute atomic E-state index is 12.1. The molecular weight excluding hydrogens is 268 g/mol. The Bertz CT molecular complexity index is 499. The van der Waals surface area contributed by atoms with Crippen molar-refractivity contribution in [2.75, 3.05) is 6.54 Å². The number of aliphatic carboxylic acids is 1. The first-order chi connectivity index (χ1) is 10.1. The van der Waals surface area contributed by atoms with Crippen LogP contribution in [0.3, 0.4) is 0 Å². The number of carboxylic acids is 1. The summed E-state index contributed by atoms with van der Waals surface area (Å²) < 4.78 is 0. The third-order valence-corrected chi connectivity index (χ3v) is 4.20. The van der Waals surface area contributed by atoms with E-state index >= 15 is 0 Å². The van der Waals surface area contributed by atoms with Gasteiger partial charge in [-0.15, -0.1) is 0 Å². The van der Waals surface area contributed by atoms with E-state index in [9.17, 15) is 14.7 Å². The summed E-state index contributed by atoms with van der Waals surface area (Å²) in [6.07, 6.45) is 3.57. The van der Waals surface area contributed by atoms with Crippen molar-refractivity contribution >= 4 is 11.9 Å². The molecule has 1 aromatic carbocycles. The number of benzene rings is 1. The lowest BCUT2D eigenvalue weighted by atomic mass is 9.79. The largest absolute Gasteiger partial charge is 0.481 e. The lowest BCUT2D eigenvalue weighted by Gasteiger charge is -2.28. The number of hydrogen-bond donors (Lipinski definition) is 3. The van der Waals surface area contributed by atoms with Crippen LogP contribution in [-0.2, 0) is 11.3 Å². The Morgan fingerprint density at radius 3 is 2.48 bits per heavy atom. The molecule has 2 atom stereocenters. The van der Waals surface area contributed by atoms with Crippen molar-refractivity contribution in [3.8, 4) is 0 Å². The standard InChI is InChI=1S/C16H22N2O3/c17-9-11-5-7-12(8-6-11)15(19)18-10-13-3-1-2-4-14(13)16(20)21/h5-8,13-14H,1-4,9-10,17H2,(H,18,19)(H,20,21). The first kappa shape index (κ1) is 15.5. The zero-order valence-corrected chi connectivity index (χ0v) is 12.0. The minimum atomic E-state index is -0.749. The van der Waals surface area contributed by atoms with Crippen LogP contribution in [0.2, 0.25) is 0 Å². The summed E-state index contributed by atoms with van der Waals surface area (Å²) in [4.78, 5) is 23.3. The molecule has 5 heteroatoms. The number of carbonyl (C=O) groups excluding carboxylic acids is 1. The highest BCUT2D eigenvalue weighted by atomic mass is 16.4. The summed E-state index contributed by atoms with van der Waals surface area (Å²) in [5.41, 5.74) is 7.07. The molecule has 21 heavy (non-hydrogen) atoms. The maximum Gasteiger partial charge on any atom is 0.306 e. The maximum atomic E-state index is 12.1. The third-order valence-electron chi connectivity index (χ3n) is 4.20. The lowest BCUT2D eigenvalue weighted by Crippen LogP contribution is -2.37. The van der Waals surface area contributed by atoms with E-state index in [1.54, 1.807) is 12.1 Å². The average Bonchev–Trinajstić information content (AvgIpc) is 2.52. The molecule has 1 aliphatic rings. The Labute approximate surface area is 124 Å². The van der Waals surface area contributed by atoms with Crippen molar-refractivity contribution in [1.82, 2.24) is 5.32 Å². The van der Waals surface area contributed by atoms with Crippen LogP contribution in [0, 0.1) is 11.8 Å². The fourth-order valence-corrected chi connectivity index (χ4v) is 2.90. The van der Waals surface area contributed by atoms with E-state index in [4.69, 9.17) is 5.73 Å². The van der Waals surface area contributed by atoms with Gasteiger partial charge in [0.15, 0.2) is 0 Å². The summed E-state index contributed by atoms with van der Waals surface area (Å²) in [5, 5.41) is 12.1. The van der Waals surface area contributed by atoms with Gasteiger partial charge in [0, 0.05) is 18.7 Å². The van der Waals surface area contributed by atoms with Crippen LogP contribution in [0.25, 0.3) is 0 Å². The summed E-state index contributed by atoms with van der Waals surface area (Å²) >= 11 is 0. The summed E-state index contributed by atoms with van der Waals surface area (Å²) in [7, 11) is 0. The second-order valence-electron chi connectivity index (χ2n) is 5.60. The molecule has 0 spiro atoms. The van der Waals surface area contributed by atoms with Gasteiger partial charge in [0.2, 0.25) is 0 Å². The third kappa shape index (κ3) is 4.04. The fraction of sp³-hybridized carbons (Fsp3) is 0.500. The monoisotopic (exact) mass is 290 g/mol. The highest BCUT2D eigenvalue weighted by molar-refractivity contribution is 5.94. The molecule has 4 N–H and O–H groups in total. The average molecular weight is 290 g/mol. The van der Waals surface area contributed by atoms with Gasteiger partial charge < -0.3 is 16.2 Å². The first-order valence-corrected chi connectivity index (χ1v) is 7.42. The highest BCUT2D eigenvalue weighted by Gasteiger charge is 2.30. The van der Waals surface area contributed by atoms with Crippen LogP contribution in [-0.4, -0.2) is 23.5 Å². The molecule has 1 saturated carbocycles. The van der Waals surface area contributed by atoms with Gasteiger partial charge in [0.25, 0.3) is 5.91 Å². The molecule has 0 radical (unpaired) electrons. The van der Waals surface area contributed by atoms with Crippen LogP contribution >= 0.6 is 0 Å². The topological polar surface area (TPSA) is 92.4 Å². The van der Waals surface area contributed by atoms with Crippen LogP contribution in [0.5, 0.6) is 0 Å². The SMILES string of the molecule is NCc1ccc(C(=O)NCC2CCCCC2C(=O)O)cc1. The molecule has 2 rings (SSSR count). The van der Waals surface area contributed by atoms with E-state index in [1.165, 1.54) is 0 Å². The summed E-state index contributed by atoms with van der Waals surface area (Å²) in [5.74, 6) is -1.21. The van der Waals surface area contributed by atoms with Gasteiger partial charge in [-0.1, -0.05) is 25.0 Å². The molecule has 114 valence electrons. The molecule has 0 bridgehead atoms. The van der Waals surface area contributed by atoms with Crippen molar-refractivity contribution in [2.24, 2.45) is 17.6 Å². The molecular formula is C16H22N2O3. The van der Waals surface area contributed by atoms with Crippen molar-refractivity contribution in [1.29, 1.82) is 0 Å². The molecule has 1 aromatic rings. The highest BCUT2D eigenvalue weighted by Crippen LogP contribution is 2.29. The van der Waals surface area contributed by atoms with E-state index in [1.807, 2.05) is 12.1 Å². The molecule has 0 saturated heterocycles. The molecule has 1 amide bonds. The molecule has 5 nitrogen and oxygen atoms in total. The van der Waals surface area contributed by atoms with Gasteiger partial charge in [0.05, 0.1) is 5.92 Å². The Balaban J connectivity index is 1.91. The minimum Gasteiger partial charge on any atom is -0.481 e. The van der Waals surface area contributed by atoms with E-state index in [0.717, 1.165) is 24.8 Å². The second-order valence-corrected chi connectivity index (χ2v) is 5.60. The summed E-state index contributed by atoms with van der Waals surface area (Å²) in [6, 6.07) is 7.14. The van der Waals surface area contributed by atoms with Gasteiger partial charge >= 0.3 is 5.97 Å². The quantitative estimate of drug-likeness (QED) is 0.770. The zero-order chi connectivity index (χ0) is 15.2. The molecule has 2 unspecified atom stereocenters. The van der Waals surface area contributed by atoms with Gasteiger partial charge in [-0.3, -0.25) is 9.59 Å². The molecule has 1 aliphatic carbocycles. The second kappa shape index (κ2) is 7.22. The smallest absolute Gasteiger partial charge is 0.306 e. The molecule has 0 heterocycles.